The van der Waals surface area contributed by atoms with E-state index in [1.165, 1.54) is 0 Å². The fourth-order valence-electron chi connectivity index (χ4n) is 1.46. The monoisotopic (exact) mass is 397 g/mol. The molecular formula is C11H6BrF2NO4S2. The molecular weight excluding hydrogens is 392 g/mol. The minimum Gasteiger partial charge on any atom is -0.477 e. The van der Waals surface area contributed by atoms with E-state index in [0.717, 1.165) is 18.2 Å². The second-order valence-electron chi connectivity index (χ2n) is 3.82. The van der Waals surface area contributed by atoms with E-state index in [0.29, 0.717) is 17.4 Å². The molecule has 0 saturated carbocycles. The van der Waals surface area contributed by atoms with Gasteiger partial charge in [0.2, 0.25) is 0 Å². The van der Waals surface area contributed by atoms with Gasteiger partial charge in [0.05, 0.1) is 9.47 Å². The Hall–Kier alpha value is -1.52. The first-order chi connectivity index (χ1) is 9.69. The highest BCUT2D eigenvalue weighted by molar-refractivity contribution is 9.11. The summed E-state index contributed by atoms with van der Waals surface area (Å²) in [5.41, 5.74) is -0.303. The maximum atomic E-state index is 13.0. The van der Waals surface area contributed by atoms with Crippen molar-refractivity contribution >= 4 is 48.9 Å². The maximum absolute atomic E-state index is 13.0. The third-order valence-electron chi connectivity index (χ3n) is 2.27. The van der Waals surface area contributed by atoms with Crippen molar-refractivity contribution in [2.45, 2.75) is 4.90 Å². The first kappa shape index (κ1) is 15.9. The van der Waals surface area contributed by atoms with Crippen molar-refractivity contribution in [2.75, 3.05) is 4.72 Å². The van der Waals surface area contributed by atoms with Crippen LogP contribution in [-0.2, 0) is 10.0 Å². The summed E-state index contributed by atoms with van der Waals surface area (Å²) in [5.74, 6) is -3.16. The van der Waals surface area contributed by atoms with Crippen molar-refractivity contribution in [1.82, 2.24) is 0 Å². The van der Waals surface area contributed by atoms with Crippen molar-refractivity contribution in [3.63, 3.8) is 0 Å². The fraction of sp³-hybridized carbons (Fsp3) is 0. The van der Waals surface area contributed by atoms with Crippen LogP contribution in [0.4, 0.5) is 14.5 Å². The Balaban J connectivity index is 2.40. The van der Waals surface area contributed by atoms with Gasteiger partial charge in [0.25, 0.3) is 10.0 Å². The molecule has 112 valence electrons. The van der Waals surface area contributed by atoms with Gasteiger partial charge in [-0.15, -0.1) is 11.3 Å². The van der Waals surface area contributed by atoms with Gasteiger partial charge < -0.3 is 5.11 Å². The number of hydrogen-bond acceptors (Lipinski definition) is 4. The van der Waals surface area contributed by atoms with Crippen molar-refractivity contribution in [2.24, 2.45) is 0 Å². The Morgan fingerprint density at radius 3 is 2.24 bits per heavy atom. The number of anilines is 1. The van der Waals surface area contributed by atoms with E-state index < -0.39 is 27.6 Å². The molecule has 0 aliphatic heterocycles. The average Bonchev–Trinajstić information content (AvgIpc) is 2.70. The molecule has 1 aromatic heterocycles. The largest absolute Gasteiger partial charge is 0.477 e. The average molecular weight is 398 g/mol. The lowest BCUT2D eigenvalue weighted by Gasteiger charge is -2.07. The summed E-state index contributed by atoms with van der Waals surface area (Å²) >= 11 is 3.67. The number of carboxylic acids is 1. The van der Waals surface area contributed by atoms with Crippen LogP contribution >= 0.6 is 27.3 Å². The molecule has 21 heavy (non-hydrogen) atoms. The highest BCUT2D eigenvalue weighted by atomic mass is 79.9. The molecule has 0 saturated heterocycles. The second-order valence-corrected chi connectivity index (χ2v) is 7.84. The summed E-state index contributed by atoms with van der Waals surface area (Å²) in [6.45, 7) is 0. The first-order valence-corrected chi connectivity index (χ1v) is 8.30. The molecule has 0 aliphatic carbocycles. The van der Waals surface area contributed by atoms with Crippen molar-refractivity contribution in [1.29, 1.82) is 0 Å². The molecule has 2 N–H and O–H groups in total. The summed E-state index contributed by atoms with van der Waals surface area (Å²) in [6.07, 6.45) is 0. The third-order valence-corrected chi connectivity index (χ3v) is 5.89. The Morgan fingerprint density at radius 2 is 1.76 bits per heavy atom. The molecule has 1 aromatic carbocycles. The molecule has 0 radical (unpaired) electrons. The van der Waals surface area contributed by atoms with E-state index in [2.05, 4.69) is 15.9 Å². The Morgan fingerprint density at radius 1 is 1.19 bits per heavy atom. The molecule has 0 aliphatic rings. The summed E-state index contributed by atoms with van der Waals surface area (Å²) in [6, 6.07) is 3.16. The number of carboxylic acid groups (broad SMARTS) is 1. The topological polar surface area (TPSA) is 83.5 Å². The number of rotatable bonds is 4. The van der Waals surface area contributed by atoms with Crippen molar-refractivity contribution < 1.29 is 27.1 Å². The molecule has 0 amide bonds. The number of halogens is 3. The molecule has 0 bridgehead atoms. The van der Waals surface area contributed by atoms with Crippen molar-refractivity contribution in [3.05, 3.63) is 44.6 Å². The van der Waals surface area contributed by atoms with Crippen LogP contribution in [0, 0.1) is 11.6 Å². The van der Waals surface area contributed by atoms with Gasteiger partial charge in [-0.25, -0.2) is 22.0 Å². The predicted octanol–water partition coefficient (Wildman–Crippen LogP) is 3.29. The number of hydrogen-bond donors (Lipinski definition) is 2. The molecule has 5 nitrogen and oxygen atoms in total. The Kier molecular flexibility index (Phi) is 4.30. The van der Waals surface area contributed by atoms with E-state index in [9.17, 15) is 22.0 Å². The number of sulfonamides is 1. The lowest BCUT2D eigenvalue weighted by Crippen LogP contribution is -2.13. The van der Waals surface area contributed by atoms with Crippen LogP contribution < -0.4 is 4.72 Å². The van der Waals surface area contributed by atoms with E-state index in [1.54, 1.807) is 0 Å². The quantitative estimate of drug-likeness (QED) is 0.828. The van der Waals surface area contributed by atoms with Gasteiger partial charge in [0.1, 0.15) is 21.4 Å². The zero-order chi connectivity index (χ0) is 15.8. The number of benzene rings is 1. The van der Waals surface area contributed by atoms with Gasteiger partial charge >= 0.3 is 5.97 Å². The van der Waals surface area contributed by atoms with E-state index in [-0.39, 0.29) is 19.2 Å². The maximum Gasteiger partial charge on any atom is 0.345 e. The van der Waals surface area contributed by atoms with E-state index >= 15 is 0 Å². The molecule has 0 spiro atoms. The van der Waals surface area contributed by atoms with Gasteiger partial charge in [-0.3, -0.25) is 4.72 Å². The lowest BCUT2D eigenvalue weighted by molar-refractivity contribution is 0.0702. The first-order valence-electron chi connectivity index (χ1n) is 5.20. The van der Waals surface area contributed by atoms with Crippen LogP contribution in [0.3, 0.4) is 0 Å². The fourth-order valence-corrected chi connectivity index (χ4v) is 4.91. The van der Waals surface area contributed by atoms with Gasteiger partial charge in [-0.2, -0.15) is 0 Å². The number of nitrogens with one attached hydrogen (secondary N) is 1. The molecule has 2 aromatic rings. The Bertz CT molecular complexity index is 799. The second kappa shape index (κ2) is 5.70. The number of carbonyl (C=O) groups is 1. The predicted molar refractivity (Wildman–Crippen MR) is 76.1 cm³/mol. The molecule has 0 fully saturated rings. The zero-order valence-electron chi connectivity index (χ0n) is 9.93. The van der Waals surface area contributed by atoms with E-state index in [1.807, 2.05) is 4.72 Å². The molecule has 1 heterocycles. The summed E-state index contributed by atoms with van der Waals surface area (Å²) in [4.78, 5) is 10.3. The highest BCUT2D eigenvalue weighted by Gasteiger charge is 2.23. The van der Waals surface area contributed by atoms with E-state index in [4.69, 9.17) is 5.11 Å². The third kappa shape index (κ3) is 3.57. The minimum atomic E-state index is -4.17. The minimum absolute atomic E-state index is 0.0734. The van der Waals surface area contributed by atoms with Gasteiger partial charge in [0, 0.05) is 6.07 Å². The molecule has 0 atom stereocenters. The molecule has 10 heteroatoms. The summed E-state index contributed by atoms with van der Waals surface area (Å²) in [5, 5.41) is 8.83. The SMILES string of the molecule is O=C(O)c1cc(S(=O)(=O)Nc2cc(F)cc(F)c2)c(Br)s1. The highest BCUT2D eigenvalue weighted by Crippen LogP contribution is 2.33. The van der Waals surface area contributed by atoms with Crippen LogP contribution in [0.25, 0.3) is 0 Å². The van der Waals surface area contributed by atoms with Crippen LogP contribution in [0.5, 0.6) is 0 Å². The number of aromatic carboxylic acids is 1. The van der Waals surface area contributed by atoms with Crippen molar-refractivity contribution in [3.8, 4) is 0 Å². The van der Waals surface area contributed by atoms with Gasteiger partial charge in [-0.1, -0.05) is 0 Å². The van der Waals surface area contributed by atoms with Crippen LogP contribution in [0.15, 0.2) is 32.9 Å². The van der Waals surface area contributed by atoms with Crippen LogP contribution in [-0.4, -0.2) is 19.5 Å². The van der Waals surface area contributed by atoms with Gasteiger partial charge in [0.15, 0.2) is 0 Å². The standard InChI is InChI=1S/C11H6BrF2NO4S2/c12-10-9(4-8(20-10)11(16)17)21(18,19)15-7-2-5(13)1-6(14)3-7/h1-4,15H,(H,16,17). The lowest BCUT2D eigenvalue weighted by atomic mass is 10.3. The Labute approximate surface area is 130 Å². The molecule has 0 unspecified atom stereocenters. The summed E-state index contributed by atoms with van der Waals surface area (Å²) < 4.78 is 52.3. The summed E-state index contributed by atoms with van der Waals surface area (Å²) in [7, 11) is -4.17. The number of thiophene rings is 1. The zero-order valence-corrected chi connectivity index (χ0v) is 13.2. The van der Waals surface area contributed by atoms with Gasteiger partial charge in [-0.05, 0) is 34.1 Å². The van der Waals surface area contributed by atoms with Crippen LogP contribution in [0.1, 0.15) is 9.67 Å². The smallest absolute Gasteiger partial charge is 0.345 e. The molecule has 2 rings (SSSR count). The normalized spacial score (nSPS) is 11.4. The van der Waals surface area contributed by atoms with Crippen LogP contribution in [0.2, 0.25) is 0 Å².